The maximum Gasteiger partial charge on any atom is 0.317 e. The van der Waals surface area contributed by atoms with Crippen molar-refractivity contribution >= 4 is 50.5 Å². The molecule has 210 valence electrons. The fraction of sp³-hybridized carbons (Fsp3) is 0.200. The van der Waals surface area contributed by atoms with Crippen LogP contribution in [0.25, 0.3) is 6.08 Å². The molecule has 40 heavy (non-hydrogen) atoms. The molecule has 15 heteroatoms. The van der Waals surface area contributed by atoms with Gasteiger partial charge in [0.2, 0.25) is 6.35 Å². The zero-order valence-electron chi connectivity index (χ0n) is 20.9. The molecule has 2 heterocycles. The lowest BCUT2D eigenvalue weighted by Crippen LogP contribution is -2.44. The second-order valence-corrected chi connectivity index (χ2v) is 11.6. The van der Waals surface area contributed by atoms with Gasteiger partial charge in [-0.2, -0.15) is 8.42 Å². The normalized spacial score (nSPS) is 16.0. The van der Waals surface area contributed by atoms with Crippen molar-refractivity contribution in [1.82, 2.24) is 9.80 Å². The predicted octanol–water partition coefficient (Wildman–Crippen LogP) is 5.40. The largest absolute Gasteiger partial charge is 0.476 e. The lowest BCUT2D eigenvalue weighted by atomic mass is 10.2. The van der Waals surface area contributed by atoms with Crippen LogP contribution in [0.15, 0.2) is 78.5 Å². The first-order chi connectivity index (χ1) is 19.0. The molecule has 3 aromatic rings. The Hall–Kier alpha value is -3.98. The van der Waals surface area contributed by atoms with Crippen LogP contribution in [0.1, 0.15) is 16.5 Å². The lowest BCUT2D eigenvalue weighted by Gasteiger charge is -2.32. The monoisotopic (exact) mass is 606 g/mol. The van der Waals surface area contributed by atoms with E-state index in [1.165, 1.54) is 17.4 Å². The zero-order chi connectivity index (χ0) is 28.9. The topological polar surface area (TPSA) is 145 Å². The van der Waals surface area contributed by atoms with E-state index in [-0.39, 0.29) is 12.3 Å². The first-order valence-electron chi connectivity index (χ1n) is 11.6. The van der Waals surface area contributed by atoms with E-state index >= 15 is 0 Å². The summed E-state index contributed by atoms with van der Waals surface area (Å²) in [6, 6.07) is 13.9. The van der Waals surface area contributed by atoms with Crippen molar-refractivity contribution in [3.63, 3.8) is 0 Å². The summed E-state index contributed by atoms with van der Waals surface area (Å²) in [5.41, 5.74) is -0.107. The Labute approximate surface area is 238 Å². The number of rotatable bonds is 12. The molecule has 12 nitrogen and oxygen atoms in total. The van der Waals surface area contributed by atoms with Crippen molar-refractivity contribution in [1.29, 1.82) is 0 Å². The molecule has 0 bridgehead atoms. The van der Waals surface area contributed by atoms with E-state index in [9.17, 15) is 28.6 Å². The van der Waals surface area contributed by atoms with E-state index in [0.29, 0.717) is 16.4 Å². The van der Waals surface area contributed by atoms with E-state index < -0.39 is 43.8 Å². The number of hydrogen-bond donors (Lipinski definition) is 0. The summed E-state index contributed by atoms with van der Waals surface area (Å²) in [7, 11) is -3.89. The predicted molar refractivity (Wildman–Crippen MR) is 150 cm³/mol. The SMILES string of the molecule is CS(=O)(=O)OC1N(C/C=C/c2ccc(Cl)cc2)C=CN1CC(Oc1ccc([N+](=O)[O-])cc1[N+](=O)[O-])c1cccs1. The Morgan fingerprint density at radius 3 is 2.42 bits per heavy atom. The third-order valence-electron chi connectivity index (χ3n) is 5.63. The number of non-ortho nitro benzene ring substituents is 1. The fourth-order valence-electron chi connectivity index (χ4n) is 3.83. The molecule has 2 aromatic carbocycles. The summed E-state index contributed by atoms with van der Waals surface area (Å²) >= 11 is 7.27. The minimum Gasteiger partial charge on any atom is -0.476 e. The highest BCUT2D eigenvalue weighted by Gasteiger charge is 2.33. The second kappa shape index (κ2) is 12.5. The third-order valence-corrected chi connectivity index (χ3v) is 7.37. The number of halogens is 1. The van der Waals surface area contributed by atoms with Gasteiger partial charge in [-0.25, -0.2) is 4.18 Å². The fourth-order valence-corrected chi connectivity index (χ4v) is 5.23. The molecule has 2 unspecified atom stereocenters. The van der Waals surface area contributed by atoms with Crippen LogP contribution in [0, 0.1) is 20.2 Å². The van der Waals surface area contributed by atoms with Gasteiger partial charge in [0.05, 0.1) is 28.7 Å². The van der Waals surface area contributed by atoms with Crippen LogP contribution in [0.5, 0.6) is 5.75 Å². The van der Waals surface area contributed by atoms with E-state index in [2.05, 4.69) is 0 Å². The van der Waals surface area contributed by atoms with Crippen molar-refractivity contribution in [2.75, 3.05) is 19.3 Å². The average molecular weight is 607 g/mol. The van der Waals surface area contributed by atoms with Crippen molar-refractivity contribution in [2.24, 2.45) is 0 Å². The molecule has 0 saturated heterocycles. The molecule has 0 aliphatic carbocycles. The van der Waals surface area contributed by atoms with E-state index in [1.54, 1.807) is 51.8 Å². The van der Waals surface area contributed by atoms with Crippen LogP contribution in [0.2, 0.25) is 5.02 Å². The molecule has 0 radical (unpaired) electrons. The summed E-state index contributed by atoms with van der Waals surface area (Å²) in [5.74, 6) is -0.166. The lowest BCUT2D eigenvalue weighted by molar-refractivity contribution is -0.394. The van der Waals surface area contributed by atoms with Crippen LogP contribution in [0.4, 0.5) is 11.4 Å². The zero-order valence-corrected chi connectivity index (χ0v) is 23.3. The molecule has 0 saturated carbocycles. The van der Waals surface area contributed by atoms with Gasteiger partial charge >= 0.3 is 5.69 Å². The third kappa shape index (κ3) is 7.57. The quantitative estimate of drug-likeness (QED) is 0.149. The first kappa shape index (κ1) is 29.0. The van der Waals surface area contributed by atoms with E-state index in [1.807, 2.05) is 24.3 Å². The second-order valence-electron chi connectivity index (χ2n) is 8.56. The molecule has 1 aliphatic heterocycles. The Balaban J connectivity index is 1.57. The molecular weight excluding hydrogens is 584 g/mol. The smallest absolute Gasteiger partial charge is 0.317 e. The van der Waals surface area contributed by atoms with E-state index in [4.69, 9.17) is 20.5 Å². The van der Waals surface area contributed by atoms with Crippen LogP contribution in [-0.4, -0.2) is 53.8 Å². The first-order valence-corrected chi connectivity index (χ1v) is 14.7. The molecular formula is C25H23ClN4O8S2. The highest BCUT2D eigenvalue weighted by molar-refractivity contribution is 7.86. The molecule has 1 aliphatic rings. The maximum atomic E-state index is 12.1. The highest BCUT2D eigenvalue weighted by Crippen LogP contribution is 2.36. The molecule has 0 spiro atoms. The van der Waals surface area contributed by atoms with Crippen molar-refractivity contribution < 1.29 is 27.2 Å². The molecule has 0 amide bonds. The van der Waals surface area contributed by atoms with Crippen molar-refractivity contribution in [3.8, 4) is 5.75 Å². The summed E-state index contributed by atoms with van der Waals surface area (Å²) in [5, 5.41) is 25.2. The molecule has 0 N–H and O–H groups in total. The number of nitro groups is 2. The van der Waals surface area contributed by atoms with Gasteiger partial charge in [-0.15, -0.1) is 11.3 Å². The van der Waals surface area contributed by atoms with Crippen LogP contribution in [0.3, 0.4) is 0 Å². The summed E-state index contributed by atoms with van der Waals surface area (Å²) in [6.07, 6.45) is 6.09. The van der Waals surface area contributed by atoms with Crippen molar-refractivity contribution in [3.05, 3.63) is 114 Å². The van der Waals surface area contributed by atoms with Gasteiger partial charge in [-0.3, -0.25) is 20.2 Å². The highest BCUT2D eigenvalue weighted by atomic mass is 35.5. The van der Waals surface area contributed by atoms with Gasteiger partial charge in [0.25, 0.3) is 15.8 Å². The minimum atomic E-state index is -3.89. The number of nitrogens with zero attached hydrogens (tertiary/aromatic N) is 4. The van der Waals surface area contributed by atoms with Gasteiger partial charge in [0.1, 0.15) is 0 Å². The Bertz CT molecular complexity index is 1530. The van der Waals surface area contributed by atoms with E-state index in [0.717, 1.165) is 24.0 Å². The number of ether oxygens (including phenoxy) is 1. The van der Waals surface area contributed by atoms with Gasteiger partial charge in [0, 0.05) is 34.9 Å². The average Bonchev–Trinajstić information content (AvgIpc) is 3.55. The van der Waals surface area contributed by atoms with Crippen LogP contribution >= 0.6 is 22.9 Å². The van der Waals surface area contributed by atoms with Crippen molar-refractivity contribution in [2.45, 2.75) is 12.5 Å². The maximum absolute atomic E-state index is 12.1. The van der Waals surface area contributed by atoms with Gasteiger partial charge in [-0.05, 0) is 35.2 Å². The molecule has 2 atom stereocenters. The van der Waals surface area contributed by atoms with Crippen LogP contribution in [-0.2, 0) is 14.3 Å². The Morgan fingerprint density at radius 2 is 1.80 bits per heavy atom. The number of benzene rings is 2. The Morgan fingerprint density at radius 1 is 1.07 bits per heavy atom. The summed E-state index contributed by atoms with van der Waals surface area (Å²) in [6.45, 7) is 0.344. The summed E-state index contributed by atoms with van der Waals surface area (Å²) < 4.78 is 35.7. The molecule has 0 fully saturated rings. The van der Waals surface area contributed by atoms with Gasteiger partial charge in [0.15, 0.2) is 11.9 Å². The van der Waals surface area contributed by atoms with Gasteiger partial charge < -0.3 is 14.5 Å². The summed E-state index contributed by atoms with van der Waals surface area (Å²) in [4.78, 5) is 25.3. The molecule has 4 rings (SSSR count). The molecule has 1 aromatic heterocycles. The standard InChI is InChI=1S/C25H23ClN4O8S2/c1-40(35,36)38-25-27(12-2-4-18-6-8-19(26)9-7-18)13-14-28(25)17-23(24-5-3-15-39-24)37-22-11-10-20(29(31)32)16-21(22)30(33)34/h2-11,13-16,23,25H,12,17H2,1H3/b4-2+. The number of thiophene rings is 1. The van der Waals surface area contributed by atoms with Gasteiger partial charge in [-0.1, -0.05) is 42.0 Å². The minimum absolute atomic E-state index is 0.0444. The Kier molecular flexibility index (Phi) is 9.04. The number of nitro benzene ring substituents is 2. The van der Waals surface area contributed by atoms with Crippen LogP contribution < -0.4 is 4.74 Å². The number of hydrogen-bond acceptors (Lipinski definition) is 11.